The summed E-state index contributed by atoms with van der Waals surface area (Å²) in [6.45, 7) is 0.721. The van der Waals surface area contributed by atoms with Crippen LogP contribution < -0.4 is 10.5 Å². The van der Waals surface area contributed by atoms with Crippen LogP contribution in [0.4, 0.5) is 5.69 Å². The molecular formula is C13H16N2O. The Morgan fingerprint density at radius 1 is 1.38 bits per heavy atom. The van der Waals surface area contributed by atoms with Crippen molar-refractivity contribution < 1.29 is 4.74 Å². The SMILES string of the molecule is N#Cc1cc(N)ccc1OCC1CCCC1. The molecule has 2 N–H and O–H groups in total. The van der Waals surface area contributed by atoms with E-state index < -0.39 is 0 Å². The zero-order valence-electron chi connectivity index (χ0n) is 9.28. The number of nitriles is 1. The lowest BCUT2D eigenvalue weighted by Gasteiger charge is -2.12. The number of nitrogens with two attached hydrogens (primary N) is 1. The van der Waals surface area contributed by atoms with Gasteiger partial charge in [0.15, 0.2) is 0 Å². The van der Waals surface area contributed by atoms with Crippen LogP contribution in [0.2, 0.25) is 0 Å². The summed E-state index contributed by atoms with van der Waals surface area (Å²) < 4.78 is 5.69. The van der Waals surface area contributed by atoms with Crippen molar-refractivity contribution in [3.63, 3.8) is 0 Å². The molecule has 0 radical (unpaired) electrons. The van der Waals surface area contributed by atoms with E-state index in [0.29, 0.717) is 22.9 Å². The van der Waals surface area contributed by atoms with Crippen LogP contribution in [0.5, 0.6) is 5.75 Å². The molecule has 0 saturated heterocycles. The highest BCUT2D eigenvalue weighted by molar-refractivity contribution is 5.53. The van der Waals surface area contributed by atoms with Crippen LogP contribution in [-0.2, 0) is 0 Å². The number of rotatable bonds is 3. The van der Waals surface area contributed by atoms with Gasteiger partial charge in [0.1, 0.15) is 11.8 Å². The third kappa shape index (κ3) is 2.46. The average Bonchev–Trinajstić information content (AvgIpc) is 2.80. The third-order valence-electron chi connectivity index (χ3n) is 3.07. The van der Waals surface area contributed by atoms with Crippen molar-refractivity contribution in [1.82, 2.24) is 0 Å². The van der Waals surface area contributed by atoms with Gasteiger partial charge in [0.05, 0.1) is 12.2 Å². The Balaban J connectivity index is 2.00. The first-order chi connectivity index (χ1) is 7.79. The van der Waals surface area contributed by atoms with Crippen molar-refractivity contribution in [3.05, 3.63) is 23.8 Å². The molecule has 0 heterocycles. The van der Waals surface area contributed by atoms with E-state index in [0.717, 1.165) is 6.61 Å². The number of hydrogen-bond acceptors (Lipinski definition) is 3. The van der Waals surface area contributed by atoms with Gasteiger partial charge in [0.25, 0.3) is 0 Å². The molecule has 3 heteroatoms. The second kappa shape index (κ2) is 4.89. The molecule has 2 rings (SSSR count). The van der Waals surface area contributed by atoms with E-state index in [1.165, 1.54) is 25.7 Å². The molecule has 0 atom stereocenters. The van der Waals surface area contributed by atoms with E-state index in [9.17, 15) is 0 Å². The quantitative estimate of drug-likeness (QED) is 0.790. The highest BCUT2D eigenvalue weighted by Crippen LogP contribution is 2.27. The molecule has 1 fully saturated rings. The molecule has 16 heavy (non-hydrogen) atoms. The third-order valence-corrected chi connectivity index (χ3v) is 3.07. The van der Waals surface area contributed by atoms with Crippen LogP contribution in [-0.4, -0.2) is 6.61 Å². The van der Waals surface area contributed by atoms with Crippen molar-refractivity contribution >= 4 is 5.69 Å². The van der Waals surface area contributed by atoms with Gasteiger partial charge in [-0.25, -0.2) is 0 Å². The molecule has 0 aliphatic heterocycles. The van der Waals surface area contributed by atoms with E-state index in [4.69, 9.17) is 15.7 Å². The van der Waals surface area contributed by atoms with E-state index >= 15 is 0 Å². The summed E-state index contributed by atoms with van der Waals surface area (Å²) >= 11 is 0. The highest BCUT2D eigenvalue weighted by atomic mass is 16.5. The molecule has 0 unspecified atom stereocenters. The Labute approximate surface area is 95.8 Å². The van der Waals surface area contributed by atoms with Crippen LogP contribution in [0.1, 0.15) is 31.2 Å². The Hall–Kier alpha value is -1.69. The van der Waals surface area contributed by atoms with Gasteiger partial charge < -0.3 is 10.5 Å². The molecule has 84 valence electrons. The standard InChI is InChI=1S/C13H16N2O/c14-8-11-7-12(15)5-6-13(11)16-9-10-3-1-2-4-10/h5-7,10H,1-4,9,15H2. The topological polar surface area (TPSA) is 59.0 Å². The Morgan fingerprint density at radius 3 is 2.81 bits per heavy atom. The zero-order chi connectivity index (χ0) is 11.4. The summed E-state index contributed by atoms with van der Waals surface area (Å²) in [5.41, 5.74) is 6.74. The van der Waals surface area contributed by atoms with Crippen molar-refractivity contribution in [1.29, 1.82) is 5.26 Å². The second-order valence-electron chi connectivity index (χ2n) is 4.33. The van der Waals surface area contributed by atoms with Gasteiger partial charge in [-0.05, 0) is 37.0 Å². The Bertz CT molecular complexity index is 403. The van der Waals surface area contributed by atoms with Gasteiger partial charge in [-0.3, -0.25) is 0 Å². The van der Waals surface area contributed by atoms with E-state index in [2.05, 4.69) is 6.07 Å². The lowest BCUT2D eigenvalue weighted by Crippen LogP contribution is -2.08. The first kappa shape index (κ1) is 10.8. The summed E-state index contributed by atoms with van der Waals surface area (Å²) in [6.07, 6.45) is 5.11. The van der Waals surface area contributed by atoms with Crippen LogP contribution >= 0.6 is 0 Å². The predicted molar refractivity (Wildman–Crippen MR) is 63.0 cm³/mol. The molecule has 1 aliphatic carbocycles. The number of nitrogens with zero attached hydrogens (tertiary/aromatic N) is 1. The molecule has 1 aromatic rings. The number of benzene rings is 1. The van der Waals surface area contributed by atoms with E-state index in [-0.39, 0.29) is 0 Å². The van der Waals surface area contributed by atoms with Crippen LogP contribution in [0.15, 0.2) is 18.2 Å². The van der Waals surface area contributed by atoms with Crippen molar-refractivity contribution in [2.24, 2.45) is 5.92 Å². The smallest absolute Gasteiger partial charge is 0.137 e. The monoisotopic (exact) mass is 216 g/mol. The van der Waals surface area contributed by atoms with Gasteiger partial charge in [-0.15, -0.1) is 0 Å². The lowest BCUT2D eigenvalue weighted by molar-refractivity contribution is 0.251. The van der Waals surface area contributed by atoms with Crippen molar-refractivity contribution in [3.8, 4) is 11.8 Å². The van der Waals surface area contributed by atoms with Crippen LogP contribution in [0, 0.1) is 17.2 Å². The number of nitrogen functional groups attached to an aromatic ring is 1. The molecule has 0 spiro atoms. The van der Waals surface area contributed by atoms with Crippen molar-refractivity contribution in [2.75, 3.05) is 12.3 Å². The summed E-state index contributed by atoms with van der Waals surface area (Å²) in [4.78, 5) is 0. The fraction of sp³-hybridized carbons (Fsp3) is 0.462. The maximum absolute atomic E-state index is 8.95. The summed E-state index contributed by atoms with van der Waals surface area (Å²) in [5.74, 6) is 1.31. The van der Waals surface area contributed by atoms with Crippen LogP contribution in [0.25, 0.3) is 0 Å². The maximum atomic E-state index is 8.95. The van der Waals surface area contributed by atoms with Gasteiger partial charge in [-0.1, -0.05) is 12.8 Å². The largest absolute Gasteiger partial charge is 0.492 e. The summed E-state index contributed by atoms with van der Waals surface area (Å²) in [7, 11) is 0. The number of hydrogen-bond donors (Lipinski definition) is 1. The average molecular weight is 216 g/mol. The van der Waals surface area contributed by atoms with E-state index in [1.807, 2.05) is 0 Å². The minimum atomic E-state index is 0.526. The molecule has 0 aromatic heterocycles. The minimum Gasteiger partial charge on any atom is -0.492 e. The number of ether oxygens (including phenoxy) is 1. The minimum absolute atomic E-state index is 0.526. The van der Waals surface area contributed by atoms with E-state index in [1.54, 1.807) is 18.2 Å². The molecule has 0 amide bonds. The summed E-state index contributed by atoms with van der Waals surface area (Å²) in [5, 5.41) is 8.95. The fourth-order valence-corrected chi connectivity index (χ4v) is 2.15. The summed E-state index contributed by atoms with van der Waals surface area (Å²) in [6, 6.07) is 7.31. The molecule has 0 bridgehead atoms. The first-order valence-electron chi connectivity index (χ1n) is 5.72. The molecule has 1 saturated carbocycles. The van der Waals surface area contributed by atoms with Crippen molar-refractivity contribution in [2.45, 2.75) is 25.7 Å². The second-order valence-corrected chi connectivity index (χ2v) is 4.33. The van der Waals surface area contributed by atoms with Gasteiger partial charge in [0.2, 0.25) is 0 Å². The normalized spacial score (nSPS) is 15.9. The molecule has 1 aromatic carbocycles. The Kier molecular flexibility index (Phi) is 3.31. The van der Waals surface area contributed by atoms with Gasteiger partial charge >= 0.3 is 0 Å². The fourth-order valence-electron chi connectivity index (χ4n) is 2.15. The number of anilines is 1. The van der Waals surface area contributed by atoms with Crippen LogP contribution in [0.3, 0.4) is 0 Å². The maximum Gasteiger partial charge on any atom is 0.137 e. The highest BCUT2D eigenvalue weighted by Gasteiger charge is 2.16. The molecule has 3 nitrogen and oxygen atoms in total. The molecule has 1 aliphatic rings. The first-order valence-corrected chi connectivity index (χ1v) is 5.72. The Morgan fingerprint density at radius 2 is 2.12 bits per heavy atom. The zero-order valence-corrected chi connectivity index (χ0v) is 9.28. The van der Waals surface area contributed by atoms with Gasteiger partial charge in [-0.2, -0.15) is 5.26 Å². The predicted octanol–water partition coefficient (Wildman–Crippen LogP) is 2.71. The lowest BCUT2D eigenvalue weighted by atomic mass is 10.1. The van der Waals surface area contributed by atoms with Gasteiger partial charge in [0, 0.05) is 5.69 Å². The molecular weight excluding hydrogens is 200 g/mol.